The summed E-state index contributed by atoms with van der Waals surface area (Å²) in [6.07, 6.45) is -0.694. The van der Waals surface area contributed by atoms with E-state index in [1.165, 1.54) is 6.92 Å². The molecule has 1 amide bonds. The van der Waals surface area contributed by atoms with Gasteiger partial charge in [0.2, 0.25) is 0 Å². The summed E-state index contributed by atoms with van der Waals surface area (Å²) in [4.78, 5) is 23.6. The standard InChI is InChI=1S/C10H17NO4/c1-7(12)14-6-8-5-11(9(13)15-8)10(2,3)4/h8H,5-6H2,1-4H3/t8-/m0/s1. The monoisotopic (exact) mass is 215 g/mol. The Morgan fingerprint density at radius 1 is 1.60 bits per heavy atom. The van der Waals surface area contributed by atoms with E-state index >= 15 is 0 Å². The maximum Gasteiger partial charge on any atom is 0.410 e. The van der Waals surface area contributed by atoms with E-state index in [2.05, 4.69) is 0 Å². The second-order valence-electron chi connectivity index (χ2n) is 4.59. The van der Waals surface area contributed by atoms with Gasteiger partial charge in [-0.25, -0.2) is 4.79 Å². The molecule has 0 N–H and O–H groups in total. The lowest BCUT2D eigenvalue weighted by atomic mass is 10.1. The summed E-state index contributed by atoms with van der Waals surface area (Å²) < 4.78 is 9.85. The molecule has 1 aliphatic heterocycles. The fourth-order valence-electron chi connectivity index (χ4n) is 1.37. The molecule has 0 bridgehead atoms. The fraction of sp³-hybridized carbons (Fsp3) is 0.800. The maximum atomic E-state index is 11.4. The Kier molecular flexibility index (Phi) is 3.21. The molecule has 1 saturated heterocycles. The van der Waals surface area contributed by atoms with Crippen molar-refractivity contribution in [3.63, 3.8) is 0 Å². The van der Waals surface area contributed by atoms with E-state index in [1.807, 2.05) is 20.8 Å². The molecular weight excluding hydrogens is 198 g/mol. The second-order valence-corrected chi connectivity index (χ2v) is 4.59. The normalized spacial score (nSPS) is 21.5. The van der Waals surface area contributed by atoms with Gasteiger partial charge in [-0.3, -0.25) is 9.69 Å². The van der Waals surface area contributed by atoms with Gasteiger partial charge in [-0.15, -0.1) is 0 Å². The lowest BCUT2D eigenvalue weighted by Gasteiger charge is -2.29. The van der Waals surface area contributed by atoms with Gasteiger partial charge in [-0.2, -0.15) is 0 Å². The Bertz CT molecular complexity index is 269. The third kappa shape index (κ3) is 3.11. The number of ether oxygens (including phenoxy) is 2. The van der Waals surface area contributed by atoms with E-state index in [-0.39, 0.29) is 30.3 Å². The van der Waals surface area contributed by atoms with Crippen molar-refractivity contribution in [3.8, 4) is 0 Å². The number of hydrogen-bond acceptors (Lipinski definition) is 4. The van der Waals surface area contributed by atoms with Gasteiger partial charge in [0.05, 0.1) is 6.54 Å². The van der Waals surface area contributed by atoms with E-state index in [0.29, 0.717) is 6.54 Å². The molecule has 1 aliphatic rings. The predicted octanol–water partition coefficient (Wildman–Crippen LogP) is 1.17. The fourth-order valence-corrected chi connectivity index (χ4v) is 1.37. The van der Waals surface area contributed by atoms with Gasteiger partial charge in [0, 0.05) is 12.5 Å². The average Bonchev–Trinajstić information content (AvgIpc) is 2.42. The molecule has 0 unspecified atom stereocenters. The lowest BCUT2D eigenvalue weighted by Crippen LogP contribution is -2.42. The van der Waals surface area contributed by atoms with Crippen LogP contribution in [0.25, 0.3) is 0 Å². The van der Waals surface area contributed by atoms with Gasteiger partial charge in [0.1, 0.15) is 6.61 Å². The molecular formula is C10H17NO4. The zero-order valence-corrected chi connectivity index (χ0v) is 9.57. The van der Waals surface area contributed by atoms with Gasteiger partial charge >= 0.3 is 12.1 Å². The number of cyclic esters (lactones) is 1. The van der Waals surface area contributed by atoms with E-state index in [4.69, 9.17) is 9.47 Å². The number of carbonyl (C=O) groups is 2. The predicted molar refractivity (Wildman–Crippen MR) is 53.4 cm³/mol. The van der Waals surface area contributed by atoms with Crippen molar-refractivity contribution in [1.82, 2.24) is 4.90 Å². The summed E-state index contributed by atoms with van der Waals surface area (Å²) in [5, 5.41) is 0. The summed E-state index contributed by atoms with van der Waals surface area (Å²) in [5.74, 6) is -0.361. The highest BCUT2D eigenvalue weighted by molar-refractivity contribution is 5.71. The van der Waals surface area contributed by atoms with Gasteiger partial charge in [0.15, 0.2) is 6.10 Å². The Balaban J connectivity index is 2.49. The molecule has 1 fully saturated rings. The Labute approximate surface area is 89.3 Å². The number of rotatable bonds is 2. The lowest BCUT2D eigenvalue weighted by molar-refractivity contribution is -0.143. The van der Waals surface area contributed by atoms with Crippen LogP contribution in [0, 0.1) is 0 Å². The molecule has 0 saturated carbocycles. The summed E-state index contributed by atoms with van der Waals surface area (Å²) in [5.41, 5.74) is -0.262. The van der Waals surface area contributed by atoms with E-state index in [0.717, 1.165) is 0 Å². The molecule has 0 aliphatic carbocycles. The molecule has 0 aromatic heterocycles. The first-order valence-corrected chi connectivity index (χ1v) is 4.92. The maximum absolute atomic E-state index is 11.4. The van der Waals surface area contributed by atoms with Gasteiger partial charge in [-0.1, -0.05) is 0 Å². The van der Waals surface area contributed by atoms with Gasteiger partial charge in [0.25, 0.3) is 0 Å². The van der Waals surface area contributed by atoms with Crippen molar-refractivity contribution in [1.29, 1.82) is 0 Å². The largest absolute Gasteiger partial charge is 0.462 e. The van der Waals surface area contributed by atoms with E-state index in [1.54, 1.807) is 4.90 Å². The zero-order chi connectivity index (χ0) is 11.6. The van der Waals surface area contributed by atoms with Crippen molar-refractivity contribution in [2.24, 2.45) is 0 Å². The third-order valence-corrected chi connectivity index (χ3v) is 2.16. The van der Waals surface area contributed by atoms with Crippen LogP contribution in [-0.4, -0.2) is 41.8 Å². The molecule has 0 aromatic carbocycles. The molecule has 15 heavy (non-hydrogen) atoms. The molecule has 0 spiro atoms. The van der Waals surface area contributed by atoms with Crippen molar-refractivity contribution in [2.75, 3.05) is 13.2 Å². The van der Waals surface area contributed by atoms with Crippen LogP contribution in [0.5, 0.6) is 0 Å². The number of carbonyl (C=O) groups excluding carboxylic acids is 2. The van der Waals surface area contributed by atoms with Crippen LogP contribution in [-0.2, 0) is 14.3 Å². The molecule has 1 heterocycles. The quantitative estimate of drug-likeness (QED) is 0.649. The molecule has 1 atom stereocenters. The first kappa shape index (κ1) is 11.8. The second kappa shape index (κ2) is 4.08. The summed E-state index contributed by atoms with van der Waals surface area (Å²) >= 11 is 0. The van der Waals surface area contributed by atoms with Crippen molar-refractivity contribution >= 4 is 12.1 Å². The number of hydrogen-bond donors (Lipinski definition) is 0. The van der Waals surface area contributed by atoms with Crippen LogP contribution in [0.3, 0.4) is 0 Å². The molecule has 5 nitrogen and oxygen atoms in total. The van der Waals surface area contributed by atoms with Crippen LogP contribution < -0.4 is 0 Å². The molecule has 1 rings (SSSR count). The molecule has 5 heteroatoms. The number of nitrogens with zero attached hydrogens (tertiary/aromatic N) is 1. The highest BCUT2D eigenvalue weighted by Crippen LogP contribution is 2.21. The summed E-state index contributed by atoms with van der Waals surface area (Å²) in [6, 6.07) is 0. The van der Waals surface area contributed by atoms with Crippen molar-refractivity contribution in [2.45, 2.75) is 39.3 Å². The van der Waals surface area contributed by atoms with Crippen LogP contribution in [0.4, 0.5) is 4.79 Å². The average molecular weight is 215 g/mol. The minimum absolute atomic E-state index is 0.133. The highest BCUT2D eigenvalue weighted by Gasteiger charge is 2.38. The van der Waals surface area contributed by atoms with Crippen molar-refractivity contribution in [3.05, 3.63) is 0 Å². The first-order valence-electron chi connectivity index (χ1n) is 4.92. The Morgan fingerprint density at radius 2 is 2.20 bits per heavy atom. The van der Waals surface area contributed by atoms with Crippen molar-refractivity contribution < 1.29 is 19.1 Å². The minimum atomic E-state index is -0.361. The Morgan fingerprint density at radius 3 is 2.60 bits per heavy atom. The van der Waals surface area contributed by atoms with Gasteiger partial charge in [-0.05, 0) is 20.8 Å². The summed E-state index contributed by atoms with van der Waals surface area (Å²) in [7, 11) is 0. The topological polar surface area (TPSA) is 55.8 Å². The smallest absolute Gasteiger partial charge is 0.410 e. The minimum Gasteiger partial charge on any atom is -0.462 e. The van der Waals surface area contributed by atoms with Gasteiger partial charge < -0.3 is 9.47 Å². The molecule has 0 radical (unpaired) electrons. The SMILES string of the molecule is CC(=O)OC[C@@H]1CN(C(C)(C)C)C(=O)O1. The van der Waals surface area contributed by atoms with Crippen LogP contribution in [0.15, 0.2) is 0 Å². The molecule has 86 valence electrons. The van der Waals surface area contributed by atoms with Crippen LogP contribution in [0.2, 0.25) is 0 Å². The summed E-state index contributed by atoms with van der Waals surface area (Å²) in [6.45, 7) is 7.73. The van der Waals surface area contributed by atoms with Crippen LogP contribution in [0.1, 0.15) is 27.7 Å². The third-order valence-electron chi connectivity index (χ3n) is 2.16. The zero-order valence-electron chi connectivity index (χ0n) is 9.57. The van der Waals surface area contributed by atoms with E-state index in [9.17, 15) is 9.59 Å². The number of esters is 1. The first-order chi connectivity index (χ1) is 6.80. The highest BCUT2D eigenvalue weighted by atomic mass is 16.6. The number of amides is 1. The van der Waals surface area contributed by atoms with E-state index < -0.39 is 0 Å². The van der Waals surface area contributed by atoms with Crippen LogP contribution >= 0.6 is 0 Å². The Hall–Kier alpha value is -1.26. The molecule has 0 aromatic rings.